The van der Waals surface area contributed by atoms with Gasteiger partial charge in [0.2, 0.25) is 0 Å². The summed E-state index contributed by atoms with van der Waals surface area (Å²) in [4.78, 5) is 3.58. The van der Waals surface area contributed by atoms with Crippen LogP contribution in [-0.4, -0.2) is 4.98 Å². The molecule has 0 unspecified atom stereocenters. The van der Waals surface area contributed by atoms with E-state index in [9.17, 15) is 4.39 Å². The summed E-state index contributed by atoms with van der Waals surface area (Å²) in [6, 6.07) is 1.18. The molecule has 0 amide bonds. The number of halogens is 3. The molecule has 0 fully saturated rings. The molecule has 0 saturated carbocycles. The quantitative estimate of drug-likeness (QED) is 0.481. The third-order valence-corrected chi connectivity index (χ3v) is 1.84. The lowest BCUT2D eigenvalue weighted by atomic mass is 10.3. The molecule has 0 spiro atoms. The average molecular weight is 218 g/mol. The molecule has 1 aromatic rings. The molecule has 1 nitrogen and oxygen atoms in total. The first kappa shape index (κ1) is 10.3. The van der Waals surface area contributed by atoms with Gasteiger partial charge in [0.15, 0.2) is 11.0 Å². The highest BCUT2D eigenvalue weighted by atomic mass is 35.5. The minimum Gasteiger partial charge on any atom is -0.220 e. The third kappa shape index (κ3) is 2.58. The first-order valence-corrected chi connectivity index (χ1v) is 4.41. The summed E-state index contributed by atoms with van der Waals surface area (Å²) in [5.41, 5.74) is 0.366. The summed E-state index contributed by atoms with van der Waals surface area (Å²) >= 11 is 11.1. The maximum absolute atomic E-state index is 12.9. The van der Waals surface area contributed by atoms with Crippen LogP contribution in [0.3, 0.4) is 0 Å². The summed E-state index contributed by atoms with van der Waals surface area (Å²) in [6.07, 6.45) is 0.681. The second-order valence-corrected chi connectivity index (χ2v) is 2.97. The monoisotopic (exact) mass is 217 g/mol. The summed E-state index contributed by atoms with van der Waals surface area (Å²) in [7, 11) is 0. The molecular formula is C9H6Cl2FN. The van der Waals surface area contributed by atoms with E-state index in [0.29, 0.717) is 12.0 Å². The molecule has 0 aliphatic heterocycles. The van der Waals surface area contributed by atoms with Crippen LogP contribution in [-0.2, 0) is 0 Å². The Morgan fingerprint density at radius 3 is 2.77 bits per heavy atom. The number of hydrogen-bond acceptors (Lipinski definition) is 1. The summed E-state index contributed by atoms with van der Waals surface area (Å²) in [5.74, 6) is 4.85. The van der Waals surface area contributed by atoms with Crippen molar-refractivity contribution in [3.8, 4) is 11.8 Å². The highest BCUT2D eigenvalue weighted by Gasteiger charge is 2.06. The van der Waals surface area contributed by atoms with Crippen LogP contribution in [0.15, 0.2) is 6.07 Å². The molecule has 0 aliphatic rings. The van der Waals surface area contributed by atoms with E-state index in [1.807, 2.05) is 6.92 Å². The minimum atomic E-state index is -0.605. The van der Waals surface area contributed by atoms with E-state index in [1.54, 1.807) is 0 Å². The molecular weight excluding hydrogens is 212 g/mol. The van der Waals surface area contributed by atoms with Crippen LogP contribution < -0.4 is 0 Å². The van der Waals surface area contributed by atoms with Crippen LogP contribution in [0, 0.1) is 17.7 Å². The first-order valence-electron chi connectivity index (χ1n) is 3.65. The topological polar surface area (TPSA) is 12.9 Å². The van der Waals surface area contributed by atoms with Gasteiger partial charge >= 0.3 is 0 Å². The Labute approximate surface area is 85.9 Å². The zero-order valence-electron chi connectivity index (χ0n) is 6.87. The van der Waals surface area contributed by atoms with Gasteiger partial charge in [-0.2, -0.15) is 0 Å². The highest BCUT2D eigenvalue weighted by molar-refractivity contribution is 6.33. The van der Waals surface area contributed by atoms with E-state index in [-0.39, 0.29) is 10.3 Å². The van der Waals surface area contributed by atoms with Gasteiger partial charge < -0.3 is 0 Å². The van der Waals surface area contributed by atoms with Crippen molar-refractivity contribution in [2.75, 3.05) is 0 Å². The van der Waals surface area contributed by atoms with E-state index < -0.39 is 5.82 Å². The first-order chi connectivity index (χ1) is 6.15. The normalized spacial score (nSPS) is 9.23. The van der Waals surface area contributed by atoms with Crippen LogP contribution in [0.4, 0.5) is 4.39 Å². The number of hydrogen-bond donors (Lipinski definition) is 0. The van der Waals surface area contributed by atoms with Gasteiger partial charge in [-0.1, -0.05) is 42.0 Å². The van der Waals surface area contributed by atoms with Crippen LogP contribution in [0.25, 0.3) is 0 Å². The van der Waals surface area contributed by atoms with Crippen molar-refractivity contribution in [1.82, 2.24) is 4.98 Å². The summed E-state index contributed by atoms with van der Waals surface area (Å²) in [5, 5.41) is -0.0978. The number of rotatable bonds is 0. The SMILES string of the molecule is CCC#Cc1cc(F)c(Cl)nc1Cl. The fourth-order valence-electron chi connectivity index (χ4n) is 0.717. The predicted octanol–water partition coefficient (Wildman–Crippen LogP) is 3.29. The number of nitrogens with zero attached hydrogens (tertiary/aromatic N) is 1. The lowest BCUT2D eigenvalue weighted by Crippen LogP contribution is -1.88. The molecule has 0 aliphatic carbocycles. The van der Waals surface area contributed by atoms with Crippen LogP contribution in [0.1, 0.15) is 18.9 Å². The lowest BCUT2D eigenvalue weighted by molar-refractivity contribution is 0.621. The number of aromatic nitrogens is 1. The zero-order valence-corrected chi connectivity index (χ0v) is 8.38. The Bertz CT molecular complexity index is 379. The van der Waals surface area contributed by atoms with E-state index in [4.69, 9.17) is 23.2 Å². The molecule has 0 atom stereocenters. The molecule has 1 rings (SSSR count). The molecule has 0 radical (unpaired) electrons. The van der Waals surface area contributed by atoms with Crippen molar-refractivity contribution >= 4 is 23.2 Å². The molecule has 0 saturated heterocycles. The van der Waals surface area contributed by atoms with Gasteiger partial charge in [0.1, 0.15) is 5.15 Å². The molecule has 68 valence electrons. The van der Waals surface area contributed by atoms with Crippen molar-refractivity contribution in [3.63, 3.8) is 0 Å². The maximum Gasteiger partial charge on any atom is 0.166 e. The second-order valence-electron chi connectivity index (χ2n) is 2.25. The molecule has 13 heavy (non-hydrogen) atoms. The van der Waals surface area contributed by atoms with Gasteiger partial charge in [-0.25, -0.2) is 9.37 Å². The lowest BCUT2D eigenvalue weighted by Gasteiger charge is -1.96. The standard InChI is InChI=1S/C9H6Cl2FN/c1-2-3-4-6-5-7(12)9(11)13-8(6)10/h5H,2H2,1H3. The Morgan fingerprint density at radius 1 is 1.46 bits per heavy atom. The summed E-state index contributed by atoms with van der Waals surface area (Å²) in [6.45, 7) is 1.89. The molecule has 1 heterocycles. The third-order valence-electron chi connectivity index (χ3n) is 1.29. The molecule has 1 aromatic heterocycles. The van der Waals surface area contributed by atoms with Gasteiger partial charge in [-0.15, -0.1) is 0 Å². The predicted molar refractivity (Wildman–Crippen MR) is 51.4 cm³/mol. The van der Waals surface area contributed by atoms with Gasteiger partial charge in [0.25, 0.3) is 0 Å². The van der Waals surface area contributed by atoms with Crippen LogP contribution >= 0.6 is 23.2 Å². The van der Waals surface area contributed by atoms with Crippen molar-refractivity contribution < 1.29 is 4.39 Å². The van der Waals surface area contributed by atoms with Crippen LogP contribution in [0.5, 0.6) is 0 Å². The average Bonchev–Trinajstić information content (AvgIpc) is 2.09. The van der Waals surface area contributed by atoms with Gasteiger partial charge in [-0.3, -0.25) is 0 Å². The largest absolute Gasteiger partial charge is 0.220 e. The smallest absolute Gasteiger partial charge is 0.166 e. The van der Waals surface area contributed by atoms with Crippen molar-refractivity contribution in [2.45, 2.75) is 13.3 Å². The van der Waals surface area contributed by atoms with E-state index in [2.05, 4.69) is 16.8 Å². The maximum atomic E-state index is 12.9. The molecule has 0 bridgehead atoms. The molecule has 0 N–H and O–H groups in total. The fraction of sp³-hybridized carbons (Fsp3) is 0.222. The van der Waals surface area contributed by atoms with Crippen LogP contribution in [0.2, 0.25) is 10.3 Å². The van der Waals surface area contributed by atoms with E-state index in [0.717, 1.165) is 0 Å². The zero-order chi connectivity index (χ0) is 9.84. The highest BCUT2D eigenvalue weighted by Crippen LogP contribution is 2.19. The minimum absolute atomic E-state index is 0.132. The van der Waals surface area contributed by atoms with Crippen molar-refractivity contribution in [1.29, 1.82) is 0 Å². The fourth-order valence-corrected chi connectivity index (χ4v) is 1.09. The van der Waals surface area contributed by atoms with Crippen molar-refractivity contribution in [2.24, 2.45) is 0 Å². The van der Waals surface area contributed by atoms with Gasteiger partial charge in [0, 0.05) is 6.42 Å². The Morgan fingerprint density at radius 2 is 2.15 bits per heavy atom. The Balaban J connectivity index is 3.16. The van der Waals surface area contributed by atoms with Gasteiger partial charge in [-0.05, 0) is 6.07 Å². The number of pyridine rings is 1. The van der Waals surface area contributed by atoms with Crippen molar-refractivity contribution in [3.05, 3.63) is 27.8 Å². The Kier molecular flexibility index (Phi) is 3.53. The van der Waals surface area contributed by atoms with Gasteiger partial charge in [0.05, 0.1) is 5.56 Å². The van der Waals surface area contributed by atoms with E-state index in [1.165, 1.54) is 6.07 Å². The Hall–Kier alpha value is -0.780. The second kappa shape index (κ2) is 4.45. The molecule has 4 heteroatoms. The molecule has 0 aromatic carbocycles. The summed E-state index contributed by atoms with van der Waals surface area (Å²) < 4.78 is 12.9. The van der Waals surface area contributed by atoms with E-state index >= 15 is 0 Å².